The monoisotopic (exact) mass is 291 g/mol. The molecule has 0 saturated heterocycles. The van der Waals surface area contributed by atoms with Gasteiger partial charge in [0.2, 0.25) is 0 Å². The standard InChI is InChI=1S/C18H29NO2/c1-13(2)14-5-6-15(18(11-14)21-4)12-19-16-7-9-17(20-3)10-8-16/h5-6,11,13,16-17,19H,7-10,12H2,1-4H3. The molecule has 21 heavy (non-hydrogen) atoms. The van der Waals surface area contributed by atoms with Gasteiger partial charge in [0.05, 0.1) is 13.2 Å². The molecular formula is C18H29NO2. The third kappa shape index (κ3) is 4.45. The van der Waals surface area contributed by atoms with E-state index in [0.29, 0.717) is 18.1 Å². The minimum absolute atomic E-state index is 0.461. The topological polar surface area (TPSA) is 30.5 Å². The summed E-state index contributed by atoms with van der Waals surface area (Å²) in [6, 6.07) is 7.18. The van der Waals surface area contributed by atoms with Crippen molar-refractivity contribution in [3.8, 4) is 5.75 Å². The van der Waals surface area contributed by atoms with Crippen molar-refractivity contribution in [2.45, 2.75) is 64.1 Å². The Balaban J connectivity index is 1.91. The van der Waals surface area contributed by atoms with E-state index in [-0.39, 0.29) is 0 Å². The van der Waals surface area contributed by atoms with Crippen LogP contribution in [0.15, 0.2) is 18.2 Å². The van der Waals surface area contributed by atoms with Crippen molar-refractivity contribution >= 4 is 0 Å². The Morgan fingerprint density at radius 2 is 1.86 bits per heavy atom. The van der Waals surface area contributed by atoms with Crippen molar-refractivity contribution in [1.29, 1.82) is 0 Å². The Morgan fingerprint density at radius 1 is 1.14 bits per heavy atom. The summed E-state index contributed by atoms with van der Waals surface area (Å²) in [4.78, 5) is 0. The molecule has 3 heteroatoms. The molecule has 118 valence electrons. The highest BCUT2D eigenvalue weighted by molar-refractivity contribution is 5.38. The third-order valence-corrected chi connectivity index (χ3v) is 4.57. The lowest BCUT2D eigenvalue weighted by Gasteiger charge is -2.28. The van der Waals surface area contributed by atoms with E-state index in [1.807, 2.05) is 7.11 Å². The number of rotatable bonds is 6. The van der Waals surface area contributed by atoms with Gasteiger partial charge in [-0.2, -0.15) is 0 Å². The maximum Gasteiger partial charge on any atom is 0.123 e. The van der Waals surface area contributed by atoms with E-state index < -0.39 is 0 Å². The molecule has 1 aliphatic carbocycles. The summed E-state index contributed by atoms with van der Waals surface area (Å²) < 4.78 is 11.0. The highest BCUT2D eigenvalue weighted by Gasteiger charge is 2.20. The van der Waals surface area contributed by atoms with E-state index in [2.05, 4.69) is 37.4 Å². The number of hydrogen-bond acceptors (Lipinski definition) is 3. The zero-order valence-corrected chi connectivity index (χ0v) is 13.8. The molecule has 1 fully saturated rings. The lowest BCUT2D eigenvalue weighted by Crippen LogP contribution is -2.34. The molecule has 0 amide bonds. The Kier molecular flexibility index (Phi) is 6.07. The average molecular weight is 291 g/mol. The second-order valence-corrected chi connectivity index (χ2v) is 6.32. The van der Waals surface area contributed by atoms with Crippen LogP contribution in [0.3, 0.4) is 0 Å². The van der Waals surface area contributed by atoms with Crippen LogP contribution >= 0.6 is 0 Å². The summed E-state index contributed by atoms with van der Waals surface area (Å²) >= 11 is 0. The van der Waals surface area contributed by atoms with Crippen LogP contribution in [0.2, 0.25) is 0 Å². The van der Waals surface area contributed by atoms with Crippen molar-refractivity contribution in [2.75, 3.05) is 14.2 Å². The first kappa shape index (κ1) is 16.3. The summed E-state index contributed by atoms with van der Waals surface area (Å²) in [6.07, 6.45) is 5.19. The van der Waals surface area contributed by atoms with Crippen molar-refractivity contribution < 1.29 is 9.47 Å². The summed E-state index contributed by atoms with van der Waals surface area (Å²) in [6.45, 7) is 5.30. The van der Waals surface area contributed by atoms with Crippen molar-refractivity contribution in [2.24, 2.45) is 0 Å². The summed E-state index contributed by atoms with van der Waals surface area (Å²) in [5.41, 5.74) is 2.58. The fraction of sp³-hybridized carbons (Fsp3) is 0.667. The number of ether oxygens (including phenoxy) is 2. The molecule has 1 aromatic carbocycles. The molecular weight excluding hydrogens is 262 g/mol. The van der Waals surface area contributed by atoms with Crippen LogP contribution in [0.5, 0.6) is 5.75 Å². The van der Waals surface area contributed by atoms with E-state index in [9.17, 15) is 0 Å². The van der Waals surface area contributed by atoms with Crippen molar-refractivity contribution in [3.05, 3.63) is 29.3 Å². The molecule has 0 bridgehead atoms. The molecule has 0 radical (unpaired) electrons. The molecule has 1 aliphatic rings. The summed E-state index contributed by atoms with van der Waals surface area (Å²) in [5, 5.41) is 3.67. The quantitative estimate of drug-likeness (QED) is 0.863. The second kappa shape index (κ2) is 7.81. The van der Waals surface area contributed by atoms with E-state index in [1.54, 1.807) is 7.11 Å². The van der Waals surface area contributed by atoms with Crippen LogP contribution in [0.4, 0.5) is 0 Å². The first-order valence-corrected chi connectivity index (χ1v) is 8.07. The summed E-state index contributed by atoms with van der Waals surface area (Å²) in [5.74, 6) is 1.53. The predicted molar refractivity (Wildman–Crippen MR) is 87.0 cm³/mol. The van der Waals surface area contributed by atoms with Gasteiger partial charge < -0.3 is 14.8 Å². The molecule has 1 saturated carbocycles. The first-order chi connectivity index (χ1) is 10.1. The lowest BCUT2D eigenvalue weighted by molar-refractivity contribution is 0.0623. The average Bonchev–Trinajstić information content (AvgIpc) is 2.53. The van der Waals surface area contributed by atoms with Crippen molar-refractivity contribution in [1.82, 2.24) is 5.32 Å². The van der Waals surface area contributed by atoms with Crippen LogP contribution in [-0.4, -0.2) is 26.4 Å². The fourth-order valence-electron chi connectivity index (χ4n) is 3.02. The zero-order chi connectivity index (χ0) is 15.2. The molecule has 2 rings (SSSR count). The van der Waals surface area contributed by atoms with Gasteiger partial charge in [0.15, 0.2) is 0 Å². The van der Waals surface area contributed by atoms with Crippen molar-refractivity contribution in [3.63, 3.8) is 0 Å². The SMILES string of the molecule is COc1cc(C(C)C)ccc1CNC1CCC(OC)CC1. The molecule has 0 atom stereocenters. The first-order valence-electron chi connectivity index (χ1n) is 8.07. The molecule has 0 spiro atoms. The van der Waals surface area contributed by atoms with Gasteiger partial charge in [-0.15, -0.1) is 0 Å². The van der Waals surface area contributed by atoms with Crippen LogP contribution in [0.25, 0.3) is 0 Å². The Labute approximate surface area is 129 Å². The van der Waals surface area contributed by atoms with E-state index in [0.717, 1.165) is 25.1 Å². The molecule has 0 unspecified atom stereocenters. The lowest BCUT2D eigenvalue weighted by atomic mass is 9.92. The van der Waals surface area contributed by atoms with Gasteiger partial charge in [0.25, 0.3) is 0 Å². The number of hydrogen-bond donors (Lipinski definition) is 1. The van der Waals surface area contributed by atoms with Gasteiger partial charge in [-0.05, 0) is 43.2 Å². The van der Waals surface area contributed by atoms with Gasteiger partial charge in [-0.1, -0.05) is 26.0 Å². The molecule has 0 aliphatic heterocycles. The second-order valence-electron chi connectivity index (χ2n) is 6.32. The molecule has 1 aromatic rings. The number of methoxy groups -OCH3 is 2. The van der Waals surface area contributed by atoms with Crippen LogP contribution in [0, 0.1) is 0 Å². The highest BCUT2D eigenvalue weighted by atomic mass is 16.5. The largest absolute Gasteiger partial charge is 0.496 e. The number of nitrogens with one attached hydrogen (secondary N) is 1. The maximum absolute atomic E-state index is 5.55. The fourth-order valence-corrected chi connectivity index (χ4v) is 3.02. The Morgan fingerprint density at radius 3 is 2.43 bits per heavy atom. The highest BCUT2D eigenvalue weighted by Crippen LogP contribution is 2.26. The molecule has 1 N–H and O–H groups in total. The molecule has 3 nitrogen and oxygen atoms in total. The number of benzene rings is 1. The van der Waals surface area contributed by atoms with Crippen LogP contribution in [-0.2, 0) is 11.3 Å². The van der Waals surface area contributed by atoms with E-state index in [4.69, 9.17) is 9.47 Å². The summed E-state index contributed by atoms with van der Waals surface area (Å²) in [7, 11) is 3.58. The van der Waals surface area contributed by atoms with Gasteiger partial charge in [0, 0.05) is 25.3 Å². The minimum atomic E-state index is 0.461. The van der Waals surface area contributed by atoms with Crippen LogP contribution < -0.4 is 10.1 Å². The van der Waals surface area contributed by atoms with Gasteiger partial charge >= 0.3 is 0 Å². The van der Waals surface area contributed by atoms with Gasteiger partial charge in [-0.3, -0.25) is 0 Å². The normalized spacial score (nSPS) is 22.5. The Hall–Kier alpha value is -1.06. The molecule has 0 heterocycles. The zero-order valence-electron chi connectivity index (χ0n) is 13.8. The van der Waals surface area contributed by atoms with E-state index >= 15 is 0 Å². The predicted octanol–water partition coefficient (Wildman–Crippen LogP) is 3.87. The maximum atomic E-state index is 5.55. The minimum Gasteiger partial charge on any atom is -0.496 e. The smallest absolute Gasteiger partial charge is 0.123 e. The Bertz CT molecular complexity index is 437. The van der Waals surface area contributed by atoms with Gasteiger partial charge in [-0.25, -0.2) is 0 Å². The van der Waals surface area contributed by atoms with Crippen LogP contribution in [0.1, 0.15) is 56.6 Å². The molecule has 0 aromatic heterocycles. The van der Waals surface area contributed by atoms with E-state index in [1.165, 1.54) is 24.0 Å². The van der Waals surface area contributed by atoms with Gasteiger partial charge in [0.1, 0.15) is 5.75 Å². The third-order valence-electron chi connectivity index (χ3n) is 4.57.